The van der Waals surface area contributed by atoms with E-state index in [-0.39, 0.29) is 0 Å². The first-order chi connectivity index (χ1) is 24.0. The van der Waals surface area contributed by atoms with E-state index in [0.29, 0.717) is 0 Å². The van der Waals surface area contributed by atoms with Crippen molar-refractivity contribution in [2.45, 2.75) is 131 Å². The predicted octanol–water partition coefficient (Wildman–Crippen LogP) is 14.3. The predicted molar refractivity (Wildman–Crippen MR) is 214 cm³/mol. The fourth-order valence-electron chi connectivity index (χ4n) is 7.16. The highest BCUT2D eigenvalue weighted by Gasteiger charge is 2.17. The SMILES string of the molecule is CCCCCCCCc1cc(C=C(CC)[N+](C)=Nc2cc(CC)c(-c3ccccc3)c(CCCC)c2)cc(-c2ccccc2)c1CCCC. The minimum absolute atomic E-state index is 0.913. The third kappa shape index (κ3) is 11.1. The average Bonchev–Trinajstić information content (AvgIpc) is 3.14. The van der Waals surface area contributed by atoms with Crippen molar-refractivity contribution >= 4 is 11.8 Å². The Labute approximate surface area is 299 Å². The molecule has 0 aliphatic heterocycles. The second-order valence-corrected chi connectivity index (χ2v) is 13.8. The molecule has 0 atom stereocenters. The molecule has 260 valence electrons. The van der Waals surface area contributed by atoms with E-state index in [4.69, 9.17) is 5.11 Å². The van der Waals surface area contributed by atoms with Crippen LogP contribution in [0, 0.1) is 0 Å². The molecule has 0 saturated heterocycles. The number of azo groups is 2. The molecular formula is C47H63N2+. The number of nitrogens with zero attached hydrogens (tertiary/aromatic N) is 2. The lowest BCUT2D eigenvalue weighted by molar-refractivity contribution is -0.512. The number of rotatable bonds is 20. The van der Waals surface area contributed by atoms with Gasteiger partial charge < -0.3 is 0 Å². The minimum atomic E-state index is 0.913. The van der Waals surface area contributed by atoms with Gasteiger partial charge in [0, 0.05) is 12.5 Å². The van der Waals surface area contributed by atoms with Gasteiger partial charge >= 0.3 is 0 Å². The maximum absolute atomic E-state index is 5.25. The van der Waals surface area contributed by atoms with E-state index in [2.05, 4.69) is 137 Å². The Morgan fingerprint density at radius 1 is 0.592 bits per heavy atom. The third-order valence-electron chi connectivity index (χ3n) is 9.94. The standard InChI is InChI=1S/C47H63N2/c1-7-12-15-16-17-20-30-41-32-37(34-46(45(41)31-14-9-3)39-26-21-18-22-27-39)33-44(11-5)49(6)48-43-35-38(10-4)47(40-28-23-19-24-29-40)42(36-43)25-13-8-2/h18-19,21-24,26-29,32-36H,7-17,20,25,30-31H2,1-6H3/q+1. The van der Waals surface area contributed by atoms with Gasteiger partial charge in [-0.2, -0.15) is 0 Å². The molecule has 0 spiro atoms. The minimum Gasteiger partial charge on any atom is -0.0906 e. The number of hydrogen-bond donors (Lipinski definition) is 0. The van der Waals surface area contributed by atoms with Crippen LogP contribution >= 0.6 is 0 Å². The van der Waals surface area contributed by atoms with Gasteiger partial charge in [-0.3, -0.25) is 0 Å². The van der Waals surface area contributed by atoms with Crippen LogP contribution in [-0.2, 0) is 25.7 Å². The van der Waals surface area contributed by atoms with Crippen LogP contribution in [0.15, 0.2) is 95.7 Å². The molecule has 2 heteroatoms. The van der Waals surface area contributed by atoms with Crippen molar-refractivity contribution in [2.24, 2.45) is 5.11 Å². The molecule has 0 heterocycles. The van der Waals surface area contributed by atoms with Crippen molar-refractivity contribution in [1.82, 2.24) is 0 Å². The monoisotopic (exact) mass is 655 g/mol. The molecule has 0 fully saturated rings. The lowest BCUT2D eigenvalue weighted by Gasteiger charge is -2.17. The maximum Gasteiger partial charge on any atom is 0.208 e. The van der Waals surface area contributed by atoms with E-state index in [1.54, 1.807) is 5.56 Å². The van der Waals surface area contributed by atoms with Crippen molar-refractivity contribution in [2.75, 3.05) is 7.05 Å². The molecule has 2 nitrogen and oxygen atoms in total. The van der Waals surface area contributed by atoms with Gasteiger partial charge in [-0.25, -0.2) is 0 Å². The first-order valence-corrected chi connectivity index (χ1v) is 19.6. The zero-order valence-electron chi connectivity index (χ0n) is 31.7. The van der Waals surface area contributed by atoms with Crippen LogP contribution in [0.2, 0.25) is 0 Å². The average molecular weight is 656 g/mol. The highest BCUT2D eigenvalue weighted by Crippen LogP contribution is 2.35. The van der Waals surface area contributed by atoms with E-state index >= 15 is 0 Å². The maximum atomic E-state index is 5.25. The summed E-state index contributed by atoms with van der Waals surface area (Å²) in [6.07, 6.45) is 20.4. The third-order valence-corrected chi connectivity index (χ3v) is 9.94. The summed E-state index contributed by atoms with van der Waals surface area (Å²) < 4.78 is 2.13. The Hall–Kier alpha value is -3.78. The molecule has 0 radical (unpaired) electrons. The molecule has 4 rings (SSSR count). The molecule has 0 aliphatic rings. The van der Waals surface area contributed by atoms with E-state index in [1.165, 1.54) is 114 Å². The van der Waals surface area contributed by atoms with Gasteiger partial charge in [-0.05, 0) is 118 Å². The van der Waals surface area contributed by atoms with Crippen LogP contribution in [0.5, 0.6) is 0 Å². The fraction of sp³-hybridized carbons (Fsp3) is 0.447. The van der Waals surface area contributed by atoms with Gasteiger partial charge in [-0.1, -0.05) is 151 Å². The lowest BCUT2D eigenvalue weighted by Crippen LogP contribution is -2.04. The molecule has 0 saturated carbocycles. The Kier molecular flexibility index (Phi) is 16.0. The first-order valence-electron chi connectivity index (χ1n) is 19.6. The second kappa shape index (κ2) is 20.7. The van der Waals surface area contributed by atoms with Crippen molar-refractivity contribution in [3.05, 3.63) is 118 Å². The zero-order valence-corrected chi connectivity index (χ0v) is 31.7. The van der Waals surface area contributed by atoms with E-state index < -0.39 is 0 Å². The molecule has 0 N–H and O–H groups in total. The summed E-state index contributed by atoms with van der Waals surface area (Å²) in [7, 11) is 2.13. The molecule has 4 aromatic rings. The number of unbranched alkanes of at least 4 members (excludes halogenated alkanes) is 7. The largest absolute Gasteiger partial charge is 0.208 e. The van der Waals surface area contributed by atoms with E-state index in [0.717, 1.165) is 37.8 Å². The molecule has 0 amide bonds. The summed E-state index contributed by atoms with van der Waals surface area (Å²) >= 11 is 0. The molecule has 0 bridgehead atoms. The summed E-state index contributed by atoms with van der Waals surface area (Å²) in [5.74, 6) is 0. The van der Waals surface area contributed by atoms with E-state index in [1.807, 2.05) is 0 Å². The molecular weight excluding hydrogens is 593 g/mol. The Balaban J connectivity index is 1.76. The van der Waals surface area contributed by atoms with Gasteiger partial charge in [0.05, 0.1) is 0 Å². The zero-order chi connectivity index (χ0) is 34.8. The summed E-state index contributed by atoms with van der Waals surface area (Å²) in [5, 5.41) is 5.25. The number of hydrogen-bond acceptors (Lipinski definition) is 1. The van der Waals surface area contributed by atoms with Gasteiger partial charge in [0.1, 0.15) is 5.69 Å². The van der Waals surface area contributed by atoms with Gasteiger partial charge in [0.15, 0.2) is 7.05 Å². The van der Waals surface area contributed by atoms with Crippen molar-refractivity contribution in [3.8, 4) is 22.3 Å². The van der Waals surface area contributed by atoms with Crippen LogP contribution in [0.25, 0.3) is 28.3 Å². The van der Waals surface area contributed by atoms with Crippen LogP contribution in [-0.4, -0.2) is 11.7 Å². The second-order valence-electron chi connectivity index (χ2n) is 13.8. The van der Waals surface area contributed by atoms with Gasteiger partial charge in [0.25, 0.3) is 0 Å². The molecule has 0 aromatic heterocycles. The van der Waals surface area contributed by atoms with Gasteiger partial charge in [-0.15, -0.1) is 0 Å². The highest BCUT2D eigenvalue weighted by molar-refractivity contribution is 5.74. The fourth-order valence-corrected chi connectivity index (χ4v) is 7.16. The van der Waals surface area contributed by atoms with Crippen LogP contribution in [0.3, 0.4) is 0 Å². The molecule has 0 aliphatic carbocycles. The normalized spacial score (nSPS) is 12.1. The Morgan fingerprint density at radius 3 is 1.84 bits per heavy atom. The molecule has 0 unspecified atom stereocenters. The Bertz CT molecular complexity index is 1630. The van der Waals surface area contributed by atoms with Crippen molar-refractivity contribution in [1.29, 1.82) is 0 Å². The lowest BCUT2D eigenvalue weighted by atomic mass is 9.87. The summed E-state index contributed by atoms with van der Waals surface area (Å²) in [6.45, 7) is 11.4. The van der Waals surface area contributed by atoms with Crippen molar-refractivity contribution in [3.63, 3.8) is 0 Å². The van der Waals surface area contributed by atoms with Crippen LogP contribution in [0.4, 0.5) is 5.69 Å². The highest BCUT2D eigenvalue weighted by atomic mass is 15.3. The van der Waals surface area contributed by atoms with Crippen LogP contribution in [0.1, 0.15) is 133 Å². The summed E-state index contributed by atoms with van der Waals surface area (Å²) in [6, 6.07) is 31.6. The summed E-state index contributed by atoms with van der Waals surface area (Å²) in [4.78, 5) is 0. The number of allylic oxidation sites excluding steroid dienone is 1. The van der Waals surface area contributed by atoms with Crippen LogP contribution < -0.4 is 0 Å². The number of benzene rings is 4. The Morgan fingerprint density at radius 2 is 1.18 bits per heavy atom. The summed E-state index contributed by atoms with van der Waals surface area (Å²) in [5.41, 5.74) is 14.9. The van der Waals surface area contributed by atoms with E-state index in [9.17, 15) is 0 Å². The first kappa shape index (κ1) is 38.0. The molecule has 4 aromatic carbocycles. The quantitative estimate of drug-likeness (QED) is 0.0511. The van der Waals surface area contributed by atoms with Crippen molar-refractivity contribution < 1.29 is 4.70 Å². The smallest absolute Gasteiger partial charge is 0.0906 e. The molecule has 49 heavy (non-hydrogen) atoms. The topological polar surface area (TPSA) is 15.4 Å². The van der Waals surface area contributed by atoms with Gasteiger partial charge in [0.2, 0.25) is 5.70 Å². The number of aryl methyl sites for hydroxylation is 3.